The van der Waals surface area contributed by atoms with E-state index in [4.69, 9.17) is 22.1 Å². The molecule has 4 heteroatoms. The number of aryl methyl sites for hydroxylation is 1. The summed E-state index contributed by atoms with van der Waals surface area (Å²) in [6.45, 7) is 2.01. The van der Waals surface area contributed by atoms with E-state index in [9.17, 15) is 0 Å². The van der Waals surface area contributed by atoms with Gasteiger partial charge in [-0.2, -0.15) is 0 Å². The Labute approximate surface area is 130 Å². The first-order valence-electron chi connectivity index (χ1n) is 7.27. The normalized spacial score (nSPS) is 19.9. The second kappa shape index (κ2) is 6.04. The van der Waals surface area contributed by atoms with Crippen LogP contribution in [0.2, 0.25) is 5.02 Å². The average Bonchev–Trinajstić information content (AvgIpc) is 2.90. The highest BCUT2D eigenvalue weighted by Crippen LogP contribution is 2.34. The number of fused-ring (bicyclic) bond motifs is 1. The van der Waals surface area contributed by atoms with E-state index < -0.39 is 0 Å². The number of nitrogens with two attached hydrogens (primary N) is 1. The molecule has 21 heavy (non-hydrogen) atoms. The minimum absolute atomic E-state index is 0.0832. The van der Waals surface area contributed by atoms with Gasteiger partial charge < -0.3 is 10.5 Å². The highest BCUT2D eigenvalue weighted by Gasteiger charge is 2.32. The Morgan fingerprint density at radius 3 is 3.00 bits per heavy atom. The zero-order valence-corrected chi connectivity index (χ0v) is 12.8. The van der Waals surface area contributed by atoms with Crippen LogP contribution in [0.15, 0.2) is 42.6 Å². The van der Waals surface area contributed by atoms with E-state index in [-0.39, 0.29) is 18.1 Å². The van der Waals surface area contributed by atoms with E-state index in [2.05, 4.69) is 11.1 Å². The Bertz CT molecular complexity index is 632. The molecular formula is C17H19ClN2O. The van der Waals surface area contributed by atoms with Crippen LogP contribution in [0.25, 0.3) is 0 Å². The molecule has 0 amide bonds. The van der Waals surface area contributed by atoms with Gasteiger partial charge in [-0.3, -0.25) is 4.98 Å². The average molecular weight is 303 g/mol. The molecule has 0 saturated heterocycles. The van der Waals surface area contributed by atoms with Crippen LogP contribution >= 0.6 is 11.6 Å². The summed E-state index contributed by atoms with van der Waals surface area (Å²) < 4.78 is 5.95. The molecule has 0 aliphatic heterocycles. The standard InChI is InChI=1S/C17H19ClN2O/c1-11(21-14-6-2-5-13(18)10-14)16(19)15-8-7-12-4-3-9-20-17(12)15/h2-6,9-11,15-16H,7-8,19H2,1H3. The summed E-state index contributed by atoms with van der Waals surface area (Å²) in [6, 6.07) is 11.5. The number of hydrogen-bond donors (Lipinski definition) is 1. The molecule has 3 rings (SSSR count). The maximum atomic E-state index is 6.43. The van der Waals surface area contributed by atoms with E-state index in [1.54, 1.807) is 0 Å². The maximum absolute atomic E-state index is 6.43. The van der Waals surface area contributed by atoms with Crippen LogP contribution in [0.3, 0.4) is 0 Å². The quantitative estimate of drug-likeness (QED) is 0.939. The van der Waals surface area contributed by atoms with Crippen LogP contribution in [0.5, 0.6) is 5.75 Å². The van der Waals surface area contributed by atoms with E-state index in [1.165, 1.54) is 5.56 Å². The molecule has 0 spiro atoms. The minimum atomic E-state index is -0.0959. The number of ether oxygens (including phenoxy) is 1. The van der Waals surface area contributed by atoms with Crippen LogP contribution in [-0.4, -0.2) is 17.1 Å². The summed E-state index contributed by atoms with van der Waals surface area (Å²) in [5.74, 6) is 1.01. The topological polar surface area (TPSA) is 48.1 Å². The first kappa shape index (κ1) is 14.4. The van der Waals surface area contributed by atoms with Crippen LogP contribution in [0.4, 0.5) is 0 Å². The number of halogens is 1. The van der Waals surface area contributed by atoms with Gasteiger partial charge in [-0.1, -0.05) is 23.7 Å². The van der Waals surface area contributed by atoms with Crippen molar-refractivity contribution < 1.29 is 4.74 Å². The van der Waals surface area contributed by atoms with Crippen molar-refractivity contribution in [1.82, 2.24) is 4.98 Å². The van der Waals surface area contributed by atoms with Gasteiger partial charge in [0.15, 0.2) is 0 Å². The number of aromatic nitrogens is 1. The Kier molecular flexibility index (Phi) is 4.13. The van der Waals surface area contributed by atoms with Crippen LogP contribution in [0.1, 0.15) is 30.5 Å². The van der Waals surface area contributed by atoms with Gasteiger partial charge in [-0.15, -0.1) is 0 Å². The van der Waals surface area contributed by atoms with Crippen molar-refractivity contribution in [2.24, 2.45) is 5.73 Å². The van der Waals surface area contributed by atoms with Crippen LogP contribution in [0, 0.1) is 0 Å². The number of benzene rings is 1. The van der Waals surface area contributed by atoms with E-state index in [0.717, 1.165) is 24.3 Å². The lowest BCUT2D eigenvalue weighted by Crippen LogP contribution is -2.41. The molecular weight excluding hydrogens is 284 g/mol. The van der Waals surface area contributed by atoms with Gasteiger partial charge in [0.25, 0.3) is 0 Å². The second-order valence-corrected chi connectivity index (χ2v) is 5.99. The molecule has 1 aromatic carbocycles. The van der Waals surface area contributed by atoms with Gasteiger partial charge in [-0.05, 0) is 49.6 Å². The van der Waals surface area contributed by atoms with Crippen molar-refractivity contribution in [1.29, 1.82) is 0 Å². The third kappa shape index (κ3) is 3.04. The van der Waals surface area contributed by atoms with Gasteiger partial charge in [0.1, 0.15) is 11.9 Å². The molecule has 0 saturated carbocycles. The van der Waals surface area contributed by atoms with Gasteiger partial charge in [-0.25, -0.2) is 0 Å². The molecule has 110 valence electrons. The molecule has 0 bridgehead atoms. The summed E-state index contributed by atoms with van der Waals surface area (Å²) in [5.41, 5.74) is 8.87. The summed E-state index contributed by atoms with van der Waals surface area (Å²) >= 11 is 5.98. The first-order valence-corrected chi connectivity index (χ1v) is 7.64. The van der Waals surface area contributed by atoms with E-state index >= 15 is 0 Å². The van der Waals surface area contributed by atoms with E-state index in [0.29, 0.717) is 5.02 Å². The Morgan fingerprint density at radius 2 is 2.19 bits per heavy atom. The molecule has 0 radical (unpaired) electrons. The molecule has 0 fully saturated rings. The second-order valence-electron chi connectivity index (χ2n) is 5.55. The third-order valence-corrected chi connectivity index (χ3v) is 4.36. The van der Waals surface area contributed by atoms with Crippen molar-refractivity contribution in [3.05, 3.63) is 58.9 Å². The van der Waals surface area contributed by atoms with Crippen LogP contribution in [-0.2, 0) is 6.42 Å². The number of rotatable bonds is 4. The zero-order chi connectivity index (χ0) is 14.8. The predicted molar refractivity (Wildman–Crippen MR) is 84.8 cm³/mol. The number of hydrogen-bond acceptors (Lipinski definition) is 3. The lowest BCUT2D eigenvalue weighted by molar-refractivity contribution is 0.174. The van der Waals surface area contributed by atoms with Gasteiger partial charge >= 0.3 is 0 Å². The smallest absolute Gasteiger partial charge is 0.121 e. The van der Waals surface area contributed by atoms with Crippen molar-refractivity contribution in [2.75, 3.05) is 0 Å². The zero-order valence-electron chi connectivity index (χ0n) is 12.0. The largest absolute Gasteiger partial charge is 0.489 e. The predicted octanol–water partition coefficient (Wildman–Crippen LogP) is 3.56. The van der Waals surface area contributed by atoms with Gasteiger partial charge in [0.2, 0.25) is 0 Å². The fourth-order valence-corrected chi connectivity index (χ4v) is 3.16. The third-order valence-electron chi connectivity index (χ3n) is 4.13. The summed E-state index contributed by atoms with van der Waals surface area (Å²) in [4.78, 5) is 4.51. The van der Waals surface area contributed by atoms with E-state index in [1.807, 2.05) is 43.5 Å². The fourth-order valence-electron chi connectivity index (χ4n) is 2.98. The van der Waals surface area contributed by atoms with Crippen molar-refractivity contribution in [3.63, 3.8) is 0 Å². The SMILES string of the molecule is CC(Oc1cccc(Cl)c1)C(N)C1CCc2cccnc21. The fraction of sp³-hybridized carbons (Fsp3) is 0.353. The highest BCUT2D eigenvalue weighted by atomic mass is 35.5. The first-order chi connectivity index (χ1) is 10.1. The maximum Gasteiger partial charge on any atom is 0.121 e. The highest BCUT2D eigenvalue weighted by molar-refractivity contribution is 6.30. The molecule has 2 aromatic rings. The summed E-state index contributed by atoms with van der Waals surface area (Å²) in [6.07, 6.45) is 3.83. The molecule has 3 unspecified atom stereocenters. The monoisotopic (exact) mass is 302 g/mol. The van der Waals surface area contributed by atoms with Crippen molar-refractivity contribution in [3.8, 4) is 5.75 Å². The number of pyridine rings is 1. The number of nitrogens with zero attached hydrogens (tertiary/aromatic N) is 1. The Morgan fingerprint density at radius 1 is 1.33 bits per heavy atom. The Balaban J connectivity index is 1.72. The molecule has 1 aromatic heterocycles. The van der Waals surface area contributed by atoms with Gasteiger partial charge in [0.05, 0.1) is 0 Å². The van der Waals surface area contributed by atoms with Crippen molar-refractivity contribution in [2.45, 2.75) is 37.8 Å². The molecule has 3 atom stereocenters. The molecule has 1 heterocycles. The van der Waals surface area contributed by atoms with Crippen LogP contribution < -0.4 is 10.5 Å². The molecule has 2 N–H and O–H groups in total. The van der Waals surface area contributed by atoms with Gasteiger partial charge in [0, 0.05) is 28.9 Å². The summed E-state index contributed by atoms with van der Waals surface area (Å²) in [7, 11) is 0. The van der Waals surface area contributed by atoms with Crippen molar-refractivity contribution >= 4 is 11.6 Å². The molecule has 1 aliphatic carbocycles. The molecule has 3 nitrogen and oxygen atoms in total. The Hall–Kier alpha value is -1.58. The lowest BCUT2D eigenvalue weighted by Gasteiger charge is -2.26. The molecule has 1 aliphatic rings. The minimum Gasteiger partial charge on any atom is -0.489 e. The summed E-state index contributed by atoms with van der Waals surface area (Å²) in [5, 5.41) is 0.668. The lowest BCUT2D eigenvalue weighted by atomic mass is 9.94.